The van der Waals surface area contributed by atoms with Gasteiger partial charge in [0.05, 0.1) is 7.11 Å². The summed E-state index contributed by atoms with van der Waals surface area (Å²) in [6, 6.07) is 6.45. The predicted molar refractivity (Wildman–Crippen MR) is 63.7 cm³/mol. The Morgan fingerprint density at radius 1 is 1.20 bits per heavy atom. The molecular formula is C14H20O. The van der Waals surface area contributed by atoms with E-state index in [1.807, 2.05) is 0 Å². The molecule has 1 aliphatic rings. The van der Waals surface area contributed by atoms with Gasteiger partial charge in [0.1, 0.15) is 5.75 Å². The monoisotopic (exact) mass is 204 g/mol. The highest BCUT2D eigenvalue weighted by Gasteiger charge is 2.31. The molecule has 0 amide bonds. The van der Waals surface area contributed by atoms with E-state index in [1.165, 1.54) is 24.0 Å². The number of hydrogen-bond acceptors (Lipinski definition) is 1. The Bertz CT molecular complexity index is 356. The number of methoxy groups -OCH3 is 1. The van der Waals surface area contributed by atoms with Gasteiger partial charge in [0.25, 0.3) is 0 Å². The zero-order chi connectivity index (χ0) is 11.1. The van der Waals surface area contributed by atoms with E-state index in [0.29, 0.717) is 0 Å². The molecule has 0 aromatic heterocycles. The van der Waals surface area contributed by atoms with Crippen LogP contribution in [0.4, 0.5) is 0 Å². The van der Waals surface area contributed by atoms with Crippen LogP contribution >= 0.6 is 0 Å². The minimum absolute atomic E-state index is 0.171. The minimum Gasteiger partial charge on any atom is -0.496 e. The highest BCUT2D eigenvalue weighted by Crippen LogP contribution is 2.47. The van der Waals surface area contributed by atoms with Crippen LogP contribution in [0, 0.1) is 0 Å². The molecule has 1 aromatic carbocycles. The van der Waals surface area contributed by atoms with Crippen LogP contribution in [0.1, 0.15) is 50.7 Å². The first-order valence-corrected chi connectivity index (χ1v) is 5.71. The molecule has 0 aliphatic heterocycles. The van der Waals surface area contributed by atoms with Crippen LogP contribution in [-0.4, -0.2) is 7.11 Å². The SMILES string of the molecule is COc1cccc(C2CC2)c1C(C)(C)C. The second-order valence-electron chi connectivity index (χ2n) is 5.45. The highest BCUT2D eigenvalue weighted by molar-refractivity contribution is 5.47. The summed E-state index contributed by atoms with van der Waals surface area (Å²) in [4.78, 5) is 0. The van der Waals surface area contributed by atoms with Crippen LogP contribution in [0.3, 0.4) is 0 Å². The van der Waals surface area contributed by atoms with Crippen molar-refractivity contribution in [2.75, 3.05) is 7.11 Å². The van der Waals surface area contributed by atoms with Gasteiger partial charge in [-0.05, 0) is 35.8 Å². The van der Waals surface area contributed by atoms with E-state index in [1.54, 1.807) is 7.11 Å². The Morgan fingerprint density at radius 2 is 1.87 bits per heavy atom. The number of benzene rings is 1. The lowest BCUT2D eigenvalue weighted by atomic mass is 9.81. The summed E-state index contributed by atoms with van der Waals surface area (Å²) in [7, 11) is 1.77. The summed E-state index contributed by atoms with van der Waals surface area (Å²) < 4.78 is 5.49. The van der Waals surface area contributed by atoms with Gasteiger partial charge in [-0.2, -0.15) is 0 Å². The van der Waals surface area contributed by atoms with Crippen molar-refractivity contribution < 1.29 is 4.74 Å². The lowest BCUT2D eigenvalue weighted by Crippen LogP contribution is -2.15. The van der Waals surface area contributed by atoms with Crippen molar-refractivity contribution in [3.63, 3.8) is 0 Å². The van der Waals surface area contributed by atoms with Gasteiger partial charge in [0, 0.05) is 5.56 Å². The molecule has 0 spiro atoms. The summed E-state index contributed by atoms with van der Waals surface area (Å²) >= 11 is 0. The molecule has 1 saturated carbocycles. The van der Waals surface area contributed by atoms with Gasteiger partial charge in [-0.3, -0.25) is 0 Å². The number of hydrogen-bond donors (Lipinski definition) is 0. The van der Waals surface area contributed by atoms with E-state index in [-0.39, 0.29) is 5.41 Å². The third kappa shape index (κ3) is 2.01. The van der Waals surface area contributed by atoms with Crippen molar-refractivity contribution in [1.29, 1.82) is 0 Å². The predicted octanol–water partition coefficient (Wildman–Crippen LogP) is 3.87. The average molecular weight is 204 g/mol. The smallest absolute Gasteiger partial charge is 0.122 e. The third-order valence-electron chi connectivity index (χ3n) is 3.05. The van der Waals surface area contributed by atoms with Gasteiger partial charge in [-0.15, -0.1) is 0 Å². The molecule has 0 saturated heterocycles. The fourth-order valence-corrected chi connectivity index (χ4v) is 2.26. The second kappa shape index (κ2) is 3.55. The Balaban J connectivity index is 2.54. The number of ether oxygens (including phenoxy) is 1. The first-order valence-electron chi connectivity index (χ1n) is 5.71. The van der Waals surface area contributed by atoms with Gasteiger partial charge >= 0.3 is 0 Å². The van der Waals surface area contributed by atoms with Gasteiger partial charge in [-0.1, -0.05) is 32.9 Å². The molecule has 1 heteroatoms. The van der Waals surface area contributed by atoms with E-state index in [2.05, 4.69) is 39.0 Å². The molecule has 82 valence electrons. The average Bonchev–Trinajstić information content (AvgIpc) is 2.98. The van der Waals surface area contributed by atoms with Gasteiger partial charge in [0.15, 0.2) is 0 Å². The largest absolute Gasteiger partial charge is 0.496 e. The van der Waals surface area contributed by atoms with Crippen molar-refractivity contribution in [3.8, 4) is 5.75 Å². The molecule has 15 heavy (non-hydrogen) atoms. The molecule has 0 heterocycles. The molecule has 0 bridgehead atoms. The first-order chi connectivity index (χ1) is 7.04. The zero-order valence-corrected chi connectivity index (χ0v) is 10.1. The number of rotatable bonds is 2. The fraction of sp³-hybridized carbons (Fsp3) is 0.571. The first kappa shape index (κ1) is 10.5. The van der Waals surface area contributed by atoms with Crippen molar-refractivity contribution in [3.05, 3.63) is 29.3 Å². The van der Waals surface area contributed by atoms with Gasteiger partial charge in [-0.25, -0.2) is 0 Å². The van der Waals surface area contributed by atoms with Crippen LogP contribution in [0.15, 0.2) is 18.2 Å². The summed E-state index contributed by atoms with van der Waals surface area (Å²) in [6.07, 6.45) is 2.69. The molecule has 0 unspecified atom stereocenters. The Labute approximate surface area is 92.5 Å². The van der Waals surface area contributed by atoms with Crippen molar-refractivity contribution in [2.24, 2.45) is 0 Å². The van der Waals surface area contributed by atoms with Crippen molar-refractivity contribution in [2.45, 2.75) is 44.9 Å². The summed E-state index contributed by atoms with van der Waals surface area (Å²) in [5.74, 6) is 1.83. The molecule has 1 nitrogen and oxygen atoms in total. The maximum atomic E-state index is 5.49. The van der Waals surface area contributed by atoms with E-state index < -0.39 is 0 Å². The fourth-order valence-electron chi connectivity index (χ4n) is 2.26. The van der Waals surface area contributed by atoms with Gasteiger partial charge in [0.2, 0.25) is 0 Å². The molecular weight excluding hydrogens is 184 g/mol. The lowest BCUT2D eigenvalue weighted by Gasteiger charge is -2.25. The van der Waals surface area contributed by atoms with E-state index in [9.17, 15) is 0 Å². The van der Waals surface area contributed by atoms with E-state index in [0.717, 1.165) is 11.7 Å². The Kier molecular flexibility index (Phi) is 2.49. The van der Waals surface area contributed by atoms with Crippen LogP contribution < -0.4 is 4.74 Å². The van der Waals surface area contributed by atoms with Crippen LogP contribution in [0.2, 0.25) is 0 Å². The minimum atomic E-state index is 0.171. The molecule has 1 aromatic rings. The lowest BCUT2D eigenvalue weighted by molar-refractivity contribution is 0.396. The van der Waals surface area contributed by atoms with Crippen LogP contribution in [0.25, 0.3) is 0 Å². The maximum absolute atomic E-state index is 5.49. The van der Waals surface area contributed by atoms with Crippen molar-refractivity contribution in [1.82, 2.24) is 0 Å². The van der Waals surface area contributed by atoms with E-state index >= 15 is 0 Å². The summed E-state index contributed by atoms with van der Waals surface area (Å²) in [5.41, 5.74) is 3.07. The molecule has 1 fully saturated rings. The van der Waals surface area contributed by atoms with Crippen molar-refractivity contribution >= 4 is 0 Å². The topological polar surface area (TPSA) is 9.23 Å². The summed E-state index contributed by atoms with van der Waals surface area (Å²) in [5, 5.41) is 0. The quantitative estimate of drug-likeness (QED) is 0.710. The molecule has 0 N–H and O–H groups in total. The summed E-state index contributed by atoms with van der Waals surface area (Å²) in [6.45, 7) is 6.78. The van der Waals surface area contributed by atoms with Gasteiger partial charge < -0.3 is 4.74 Å². The normalized spacial score (nSPS) is 16.5. The second-order valence-corrected chi connectivity index (χ2v) is 5.45. The highest BCUT2D eigenvalue weighted by atomic mass is 16.5. The third-order valence-corrected chi connectivity index (χ3v) is 3.05. The molecule has 0 atom stereocenters. The zero-order valence-electron chi connectivity index (χ0n) is 10.1. The standard InChI is InChI=1S/C14H20O/c1-14(2,3)13-11(10-8-9-10)6-5-7-12(13)15-4/h5-7,10H,8-9H2,1-4H3. The molecule has 1 aliphatic carbocycles. The molecule has 2 rings (SSSR count). The van der Waals surface area contributed by atoms with E-state index in [4.69, 9.17) is 4.74 Å². The Morgan fingerprint density at radius 3 is 2.33 bits per heavy atom. The molecule has 0 radical (unpaired) electrons. The van der Waals surface area contributed by atoms with Crippen LogP contribution in [0.5, 0.6) is 5.75 Å². The maximum Gasteiger partial charge on any atom is 0.122 e. The van der Waals surface area contributed by atoms with Crippen LogP contribution in [-0.2, 0) is 5.41 Å². The Hall–Kier alpha value is -0.980.